The van der Waals surface area contributed by atoms with Gasteiger partial charge in [0, 0.05) is 23.9 Å². The number of pyridine rings is 1. The molecule has 0 unspecified atom stereocenters. The van der Waals surface area contributed by atoms with Crippen molar-refractivity contribution < 1.29 is 9.18 Å². The average Bonchev–Trinajstić information content (AvgIpc) is 2.41. The molecule has 19 heavy (non-hydrogen) atoms. The van der Waals surface area contributed by atoms with Crippen LogP contribution in [0.3, 0.4) is 0 Å². The number of thioether (sulfide) groups is 1. The SMILES string of the molecule is O=C(CCSc1ccc(Cl)cn1)c1ccc(F)cc1. The minimum absolute atomic E-state index is 0.00136. The molecule has 2 rings (SSSR count). The first-order chi connectivity index (χ1) is 9.15. The normalized spacial score (nSPS) is 10.4. The molecule has 0 atom stereocenters. The van der Waals surface area contributed by atoms with E-state index in [0.717, 1.165) is 5.03 Å². The monoisotopic (exact) mass is 295 g/mol. The molecule has 0 fully saturated rings. The first-order valence-electron chi connectivity index (χ1n) is 5.68. The van der Waals surface area contributed by atoms with Crippen LogP contribution in [-0.4, -0.2) is 16.5 Å². The molecule has 0 saturated carbocycles. The second-order valence-electron chi connectivity index (χ2n) is 3.84. The molecular formula is C14H11ClFNOS. The van der Waals surface area contributed by atoms with Gasteiger partial charge in [-0.25, -0.2) is 9.37 Å². The van der Waals surface area contributed by atoms with Crippen LogP contribution < -0.4 is 0 Å². The predicted octanol–water partition coefficient (Wildman–Crippen LogP) is 4.24. The summed E-state index contributed by atoms with van der Waals surface area (Å²) in [5.41, 5.74) is 0.533. The predicted molar refractivity (Wildman–Crippen MR) is 75.3 cm³/mol. The number of halogens is 2. The molecule has 0 spiro atoms. The first-order valence-corrected chi connectivity index (χ1v) is 7.04. The maximum Gasteiger partial charge on any atom is 0.163 e. The van der Waals surface area contributed by atoms with Crippen LogP contribution in [0.4, 0.5) is 4.39 Å². The summed E-state index contributed by atoms with van der Waals surface area (Å²) in [6.45, 7) is 0. The molecule has 0 saturated heterocycles. The van der Waals surface area contributed by atoms with Gasteiger partial charge in [0.15, 0.2) is 5.78 Å². The van der Waals surface area contributed by atoms with Crippen LogP contribution >= 0.6 is 23.4 Å². The Bertz CT molecular complexity index is 557. The molecular weight excluding hydrogens is 285 g/mol. The zero-order valence-corrected chi connectivity index (χ0v) is 11.5. The summed E-state index contributed by atoms with van der Waals surface area (Å²) in [5, 5.41) is 1.42. The third-order valence-electron chi connectivity index (χ3n) is 2.45. The van der Waals surface area contributed by atoms with Crippen LogP contribution in [0, 0.1) is 5.82 Å². The second kappa shape index (κ2) is 6.68. The van der Waals surface area contributed by atoms with Gasteiger partial charge in [-0.05, 0) is 36.4 Å². The fraction of sp³-hybridized carbons (Fsp3) is 0.143. The van der Waals surface area contributed by atoms with Crippen molar-refractivity contribution in [1.82, 2.24) is 4.98 Å². The first kappa shape index (κ1) is 14.0. The van der Waals surface area contributed by atoms with Crippen molar-refractivity contribution in [2.45, 2.75) is 11.4 Å². The summed E-state index contributed by atoms with van der Waals surface area (Å²) in [6, 6.07) is 9.17. The van der Waals surface area contributed by atoms with Crippen molar-refractivity contribution in [2.24, 2.45) is 0 Å². The van der Waals surface area contributed by atoms with Gasteiger partial charge < -0.3 is 0 Å². The zero-order valence-electron chi connectivity index (χ0n) is 9.98. The molecule has 1 aromatic heterocycles. The molecule has 1 aromatic carbocycles. The summed E-state index contributed by atoms with van der Waals surface area (Å²) in [4.78, 5) is 16.0. The number of Topliss-reactive ketones (excluding diaryl/α,β-unsaturated/α-hetero) is 1. The van der Waals surface area contributed by atoms with Crippen molar-refractivity contribution in [3.05, 3.63) is 59.0 Å². The van der Waals surface area contributed by atoms with Crippen LogP contribution in [0.1, 0.15) is 16.8 Å². The van der Waals surface area contributed by atoms with E-state index < -0.39 is 0 Å². The highest BCUT2D eigenvalue weighted by molar-refractivity contribution is 7.99. The Hall–Kier alpha value is -1.39. The molecule has 0 aliphatic heterocycles. The molecule has 0 aliphatic carbocycles. The van der Waals surface area contributed by atoms with E-state index in [4.69, 9.17) is 11.6 Å². The van der Waals surface area contributed by atoms with Gasteiger partial charge in [0.05, 0.1) is 10.0 Å². The van der Waals surface area contributed by atoms with Crippen molar-refractivity contribution in [1.29, 1.82) is 0 Å². The summed E-state index contributed by atoms with van der Waals surface area (Å²) in [5.74, 6) is 0.294. The number of carbonyl (C=O) groups is 1. The highest BCUT2D eigenvalue weighted by Gasteiger charge is 2.06. The molecule has 1 heterocycles. The maximum atomic E-state index is 12.7. The van der Waals surface area contributed by atoms with Crippen LogP contribution in [-0.2, 0) is 0 Å². The van der Waals surface area contributed by atoms with Crippen molar-refractivity contribution in [2.75, 3.05) is 5.75 Å². The number of nitrogens with zero attached hydrogens (tertiary/aromatic N) is 1. The Morgan fingerprint density at radius 2 is 1.95 bits per heavy atom. The topological polar surface area (TPSA) is 30.0 Å². The van der Waals surface area contributed by atoms with Crippen LogP contribution in [0.25, 0.3) is 0 Å². The van der Waals surface area contributed by atoms with Gasteiger partial charge in [0.2, 0.25) is 0 Å². The van der Waals surface area contributed by atoms with E-state index >= 15 is 0 Å². The third-order valence-corrected chi connectivity index (χ3v) is 3.61. The standard InChI is InChI=1S/C14H11ClFNOS/c15-11-3-6-14(17-9-11)19-8-7-13(18)10-1-4-12(16)5-2-10/h1-6,9H,7-8H2. The number of benzene rings is 1. The van der Waals surface area contributed by atoms with Gasteiger partial charge in [-0.15, -0.1) is 11.8 Å². The van der Waals surface area contributed by atoms with Gasteiger partial charge in [-0.1, -0.05) is 11.6 Å². The van der Waals surface area contributed by atoms with E-state index in [2.05, 4.69) is 4.98 Å². The summed E-state index contributed by atoms with van der Waals surface area (Å²) in [7, 11) is 0. The lowest BCUT2D eigenvalue weighted by Crippen LogP contribution is -2.00. The molecule has 98 valence electrons. The Balaban J connectivity index is 1.84. The van der Waals surface area contributed by atoms with Gasteiger partial charge >= 0.3 is 0 Å². The van der Waals surface area contributed by atoms with Gasteiger partial charge in [-0.2, -0.15) is 0 Å². The van der Waals surface area contributed by atoms with E-state index in [9.17, 15) is 9.18 Å². The number of aromatic nitrogens is 1. The smallest absolute Gasteiger partial charge is 0.163 e. The van der Waals surface area contributed by atoms with Gasteiger partial charge in [-0.3, -0.25) is 4.79 Å². The lowest BCUT2D eigenvalue weighted by atomic mass is 10.1. The Kier molecular flexibility index (Phi) is 4.93. The zero-order chi connectivity index (χ0) is 13.7. The fourth-order valence-corrected chi connectivity index (χ4v) is 2.38. The van der Waals surface area contributed by atoms with Gasteiger partial charge in [0.1, 0.15) is 5.82 Å². The molecule has 0 amide bonds. The minimum Gasteiger partial charge on any atom is -0.294 e. The summed E-state index contributed by atoms with van der Waals surface area (Å²) >= 11 is 7.22. The fourth-order valence-electron chi connectivity index (χ4n) is 1.48. The Morgan fingerprint density at radius 1 is 1.21 bits per heavy atom. The largest absolute Gasteiger partial charge is 0.294 e. The van der Waals surface area contributed by atoms with E-state index in [1.54, 1.807) is 12.3 Å². The second-order valence-corrected chi connectivity index (χ2v) is 5.39. The maximum absolute atomic E-state index is 12.7. The number of ketones is 1. The molecule has 2 aromatic rings. The Labute approximate surface area is 120 Å². The van der Waals surface area contributed by atoms with Crippen molar-refractivity contribution in [3.63, 3.8) is 0 Å². The number of carbonyl (C=O) groups excluding carboxylic acids is 1. The Morgan fingerprint density at radius 3 is 2.58 bits per heavy atom. The van der Waals surface area contributed by atoms with E-state index in [-0.39, 0.29) is 11.6 Å². The van der Waals surface area contributed by atoms with Crippen molar-refractivity contribution >= 4 is 29.1 Å². The molecule has 0 N–H and O–H groups in total. The number of hydrogen-bond donors (Lipinski definition) is 0. The van der Waals surface area contributed by atoms with Crippen LogP contribution in [0.15, 0.2) is 47.6 Å². The number of hydrogen-bond acceptors (Lipinski definition) is 3. The number of rotatable bonds is 5. The molecule has 5 heteroatoms. The summed E-state index contributed by atoms with van der Waals surface area (Å²) < 4.78 is 12.7. The van der Waals surface area contributed by atoms with Gasteiger partial charge in [0.25, 0.3) is 0 Å². The lowest BCUT2D eigenvalue weighted by molar-refractivity contribution is 0.0989. The lowest BCUT2D eigenvalue weighted by Gasteiger charge is -2.01. The molecule has 0 aliphatic rings. The van der Waals surface area contributed by atoms with Crippen LogP contribution in [0.5, 0.6) is 0 Å². The van der Waals surface area contributed by atoms with E-state index in [0.29, 0.717) is 22.8 Å². The third kappa shape index (κ3) is 4.33. The molecule has 2 nitrogen and oxygen atoms in total. The molecule has 0 radical (unpaired) electrons. The highest BCUT2D eigenvalue weighted by atomic mass is 35.5. The quantitative estimate of drug-likeness (QED) is 0.610. The van der Waals surface area contributed by atoms with E-state index in [1.165, 1.54) is 36.0 Å². The molecule has 0 bridgehead atoms. The highest BCUT2D eigenvalue weighted by Crippen LogP contribution is 2.19. The minimum atomic E-state index is -0.337. The van der Waals surface area contributed by atoms with Crippen molar-refractivity contribution in [3.8, 4) is 0 Å². The summed E-state index contributed by atoms with van der Waals surface area (Å²) in [6.07, 6.45) is 1.96. The average molecular weight is 296 g/mol. The van der Waals surface area contributed by atoms with Crippen LogP contribution in [0.2, 0.25) is 5.02 Å². The van der Waals surface area contributed by atoms with E-state index in [1.807, 2.05) is 6.07 Å².